The van der Waals surface area contributed by atoms with Gasteiger partial charge >= 0.3 is 5.97 Å². The first-order valence-corrected chi connectivity index (χ1v) is 5.38. The lowest BCUT2D eigenvalue weighted by atomic mass is 10.1. The number of carboxylic acids is 1. The van der Waals surface area contributed by atoms with Gasteiger partial charge < -0.3 is 9.84 Å². The fourth-order valence-electron chi connectivity index (χ4n) is 1.56. The average Bonchev–Trinajstić information content (AvgIpc) is 2.31. The van der Waals surface area contributed by atoms with Crippen LogP contribution in [0.25, 0.3) is 0 Å². The summed E-state index contributed by atoms with van der Waals surface area (Å²) in [6, 6.07) is 6.51. The number of nitrogens with zero attached hydrogens (tertiary/aromatic N) is 2. The minimum absolute atomic E-state index is 0.221. The molecule has 0 spiro atoms. The van der Waals surface area contributed by atoms with Crippen LogP contribution in [-0.2, 0) is 0 Å². The zero-order chi connectivity index (χ0) is 13.1. The predicted octanol–water partition coefficient (Wildman–Crippen LogP) is 2.58. The highest BCUT2D eigenvalue weighted by Gasteiger charge is 2.11. The van der Waals surface area contributed by atoms with Crippen LogP contribution < -0.4 is 4.74 Å². The Bertz CT molecular complexity index is 597. The third-order valence-corrected chi connectivity index (χ3v) is 2.48. The van der Waals surface area contributed by atoms with Crippen molar-refractivity contribution < 1.29 is 14.6 Å². The maximum atomic E-state index is 11.0. The largest absolute Gasteiger partial charge is 0.478 e. The van der Waals surface area contributed by atoms with E-state index in [0.29, 0.717) is 23.0 Å². The van der Waals surface area contributed by atoms with Gasteiger partial charge in [-0.05, 0) is 26.0 Å². The van der Waals surface area contributed by atoms with Crippen LogP contribution in [0.4, 0.5) is 0 Å². The van der Waals surface area contributed by atoms with E-state index in [9.17, 15) is 4.79 Å². The third-order valence-electron chi connectivity index (χ3n) is 2.48. The van der Waals surface area contributed by atoms with Gasteiger partial charge in [-0.3, -0.25) is 0 Å². The second-order valence-electron chi connectivity index (χ2n) is 3.78. The van der Waals surface area contributed by atoms with E-state index in [1.165, 1.54) is 6.07 Å². The molecule has 1 aromatic heterocycles. The number of carboxylic acid groups (broad SMARTS) is 1. The number of aryl methyl sites for hydroxylation is 1. The molecule has 1 aromatic carbocycles. The Morgan fingerprint density at radius 2 is 2.06 bits per heavy atom. The van der Waals surface area contributed by atoms with E-state index in [0.717, 1.165) is 0 Å². The predicted molar refractivity (Wildman–Crippen MR) is 65.0 cm³/mol. The van der Waals surface area contributed by atoms with Gasteiger partial charge in [-0.25, -0.2) is 9.78 Å². The van der Waals surface area contributed by atoms with Gasteiger partial charge in [0.15, 0.2) is 0 Å². The van der Waals surface area contributed by atoms with Gasteiger partial charge in [0.25, 0.3) is 0 Å². The summed E-state index contributed by atoms with van der Waals surface area (Å²) in [5.74, 6) is 0.498. The van der Waals surface area contributed by atoms with Crippen LogP contribution in [0, 0.1) is 13.8 Å². The molecule has 1 heterocycles. The summed E-state index contributed by atoms with van der Waals surface area (Å²) in [5, 5.41) is 9.02. The van der Waals surface area contributed by atoms with Gasteiger partial charge in [-0.2, -0.15) is 4.98 Å². The number of rotatable bonds is 3. The maximum absolute atomic E-state index is 11.0. The number of hydrogen-bond donors (Lipinski definition) is 1. The van der Waals surface area contributed by atoms with Gasteiger partial charge in [-0.1, -0.05) is 6.07 Å². The zero-order valence-corrected chi connectivity index (χ0v) is 10.0. The number of aromatic carboxylic acids is 1. The number of aromatic nitrogens is 2. The molecule has 0 aliphatic heterocycles. The Labute approximate surface area is 104 Å². The summed E-state index contributed by atoms with van der Waals surface area (Å²) in [7, 11) is 0. The molecule has 0 fully saturated rings. The number of ether oxygens (including phenoxy) is 1. The number of carbonyl (C=O) groups is 1. The summed E-state index contributed by atoms with van der Waals surface area (Å²) in [5.41, 5.74) is 0.791. The topological polar surface area (TPSA) is 72.3 Å². The molecule has 0 atom stereocenters. The second kappa shape index (κ2) is 4.83. The van der Waals surface area contributed by atoms with Crippen molar-refractivity contribution in [2.24, 2.45) is 0 Å². The van der Waals surface area contributed by atoms with Crippen molar-refractivity contribution in [3.8, 4) is 11.6 Å². The quantitative estimate of drug-likeness (QED) is 0.898. The first kappa shape index (κ1) is 12.0. The van der Waals surface area contributed by atoms with Crippen molar-refractivity contribution in [3.63, 3.8) is 0 Å². The second-order valence-corrected chi connectivity index (χ2v) is 3.78. The van der Waals surface area contributed by atoms with E-state index < -0.39 is 5.97 Å². The highest BCUT2D eigenvalue weighted by atomic mass is 16.5. The molecular formula is C13H12N2O3. The minimum atomic E-state index is -0.975. The highest BCUT2D eigenvalue weighted by Crippen LogP contribution is 2.25. The zero-order valence-electron chi connectivity index (χ0n) is 10.0. The standard InChI is InChI=1S/C13H12N2O3/c1-8-10(13(16)17)4-3-5-11(8)18-12-6-7-14-9(2)15-12/h3-7H,1-2H3,(H,16,17). The van der Waals surface area contributed by atoms with Crippen LogP contribution in [0.5, 0.6) is 11.6 Å². The molecule has 0 amide bonds. The van der Waals surface area contributed by atoms with E-state index in [2.05, 4.69) is 9.97 Å². The van der Waals surface area contributed by atoms with Crippen molar-refractivity contribution in [3.05, 3.63) is 47.4 Å². The first-order chi connectivity index (χ1) is 8.58. The fourth-order valence-corrected chi connectivity index (χ4v) is 1.56. The smallest absolute Gasteiger partial charge is 0.336 e. The van der Waals surface area contributed by atoms with Crippen molar-refractivity contribution in [2.75, 3.05) is 0 Å². The Kier molecular flexibility index (Phi) is 3.23. The lowest BCUT2D eigenvalue weighted by Crippen LogP contribution is -2.01. The van der Waals surface area contributed by atoms with Gasteiger partial charge in [0.1, 0.15) is 11.6 Å². The molecule has 5 nitrogen and oxygen atoms in total. The first-order valence-electron chi connectivity index (χ1n) is 5.38. The van der Waals surface area contributed by atoms with Crippen LogP contribution in [-0.4, -0.2) is 21.0 Å². The molecule has 5 heteroatoms. The molecule has 0 aliphatic carbocycles. The summed E-state index contributed by atoms with van der Waals surface area (Å²) >= 11 is 0. The van der Waals surface area contributed by atoms with Crippen molar-refractivity contribution in [1.29, 1.82) is 0 Å². The van der Waals surface area contributed by atoms with E-state index in [-0.39, 0.29) is 5.56 Å². The van der Waals surface area contributed by atoms with Crippen molar-refractivity contribution >= 4 is 5.97 Å². The molecule has 0 bridgehead atoms. The van der Waals surface area contributed by atoms with Gasteiger partial charge in [0, 0.05) is 17.8 Å². The van der Waals surface area contributed by atoms with Crippen LogP contribution in [0.15, 0.2) is 30.5 Å². The van der Waals surface area contributed by atoms with Crippen molar-refractivity contribution in [2.45, 2.75) is 13.8 Å². The normalized spacial score (nSPS) is 10.1. The molecular weight excluding hydrogens is 232 g/mol. The fraction of sp³-hybridized carbons (Fsp3) is 0.154. The summed E-state index contributed by atoms with van der Waals surface area (Å²) in [6.07, 6.45) is 1.59. The van der Waals surface area contributed by atoms with E-state index in [4.69, 9.17) is 9.84 Å². The molecule has 2 aromatic rings. The molecule has 0 saturated heterocycles. The van der Waals surface area contributed by atoms with Crippen LogP contribution in [0.1, 0.15) is 21.7 Å². The van der Waals surface area contributed by atoms with Crippen LogP contribution in [0.3, 0.4) is 0 Å². The third kappa shape index (κ3) is 2.45. The number of benzene rings is 1. The maximum Gasteiger partial charge on any atom is 0.336 e. The molecule has 92 valence electrons. The monoisotopic (exact) mass is 244 g/mol. The average molecular weight is 244 g/mol. The van der Waals surface area contributed by atoms with Crippen molar-refractivity contribution in [1.82, 2.24) is 9.97 Å². The van der Waals surface area contributed by atoms with E-state index in [1.54, 1.807) is 38.2 Å². The van der Waals surface area contributed by atoms with Gasteiger partial charge in [0.05, 0.1) is 5.56 Å². The summed E-state index contributed by atoms with van der Waals surface area (Å²) in [4.78, 5) is 19.1. The summed E-state index contributed by atoms with van der Waals surface area (Å²) < 4.78 is 5.57. The Morgan fingerprint density at radius 1 is 1.28 bits per heavy atom. The van der Waals surface area contributed by atoms with Gasteiger partial charge in [0.2, 0.25) is 5.88 Å². The molecule has 0 unspecified atom stereocenters. The molecule has 18 heavy (non-hydrogen) atoms. The van der Waals surface area contributed by atoms with Crippen LogP contribution in [0.2, 0.25) is 0 Å². The van der Waals surface area contributed by atoms with E-state index in [1.807, 2.05) is 0 Å². The lowest BCUT2D eigenvalue weighted by Gasteiger charge is -2.09. The molecule has 0 saturated carbocycles. The molecule has 0 aliphatic rings. The molecule has 2 rings (SSSR count). The Hall–Kier alpha value is -2.43. The molecule has 0 radical (unpaired) electrons. The Morgan fingerprint density at radius 3 is 2.72 bits per heavy atom. The lowest BCUT2D eigenvalue weighted by molar-refractivity contribution is 0.0695. The molecule has 1 N–H and O–H groups in total. The minimum Gasteiger partial charge on any atom is -0.478 e. The van der Waals surface area contributed by atoms with Crippen LogP contribution >= 0.6 is 0 Å². The van der Waals surface area contributed by atoms with Gasteiger partial charge in [-0.15, -0.1) is 0 Å². The Balaban J connectivity index is 2.35. The SMILES string of the molecule is Cc1nccc(Oc2cccc(C(=O)O)c2C)n1. The summed E-state index contributed by atoms with van der Waals surface area (Å²) in [6.45, 7) is 3.46. The number of hydrogen-bond acceptors (Lipinski definition) is 4. The highest BCUT2D eigenvalue weighted by molar-refractivity contribution is 5.90. The van der Waals surface area contributed by atoms with E-state index >= 15 is 0 Å².